The van der Waals surface area contributed by atoms with Gasteiger partial charge in [-0.05, 0) is 49.1 Å². The van der Waals surface area contributed by atoms with Gasteiger partial charge < -0.3 is 10.1 Å². The number of pyridine rings is 1. The van der Waals surface area contributed by atoms with Gasteiger partial charge in [0, 0.05) is 19.1 Å². The molecule has 1 saturated heterocycles. The van der Waals surface area contributed by atoms with Gasteiger partial charge in [-0.25, -0.2) is 4.98 Å². The van der Waals surface area contributed by atoms with Crippen LogP contribution in [-0.4, -0.2) is 24.1 Å². The number of nitrogens with one attached hydrogen (secondary N) is 1. The van der Waals surface area contributed by atoms with Gasteiger partial charge in [-0.1, -0.05) is 13.0 Å². The third kappa shape index (κ3) is 3.28. The van der Waals surface area contributed by atoms with Crippen molar-refractivity contribution in [2.75, 3.05) is 18.5 Å². The second-order valence-corrected chi connectivity index (χ2v) is 6.25. The largest absolute Gasteiger partial charge is 0.381 e. The number of ether oxygens (including phenoxy) is 1. The molecule has 0 aromatic carbocycles. The number of amides is 1. The Kier molecular flexibility index (Phi) is 4.39. The van der Waals surface area contributed by atoms with Gasteiger partial charge in [0.1, 0.15) is 17.6 Å². The molecule has 5 heteroatoms. The van der Waals surface area contributed by atoms with Crippen molar-refractivity contribution >= 4 is 11.7 Å². The van der Waals surface area contributed by atoms with E-state index in [9.17, 15) is 10.1 Å². The first-order valence-electron chi connectivity index (χ1n) is 7.98. The molecule has 1 amide bonds. The molecule has 0 bridgehead atoms. The maximum atomic E-state index is 11.8. The Bertz CT molecular complexity index is 598. The molecule has 1 atom stereocenters. The molecule has 0 radical (unpaired) electrons. The lowest BCUT2D eigenvalue weighted by molar-refractivity contribution is -0.117. The fourth-order valence-corrected chi connectivity index (χ4v) is 3.04. The van der Waals surface area contributed by atoms with E-state index >= 15 is 0 Å². The Labute approximate surface area is 130 Å². The molecule has 22 heavy (non-hydrogen) atoms. The van der Waals surface area contributed by atoms with Crippen LogP contribution in [0.5, 0.6) is 0 Å². The predicted octanol–water partition coefficient (Wildman–Crippen LogP) is 2.83. The molecule has 0 spiro atoms. The van der Waals surface area contributed by atoms with Crippen molar-refractivity contribution in [2.45, 2.75) is 38.5 Å². The number of anilines is 1. The van der Waals surface area contributed by atoms with Crippen LogP contribution in [0.25, 0.3) is 0 Å². The Morgan fingerprint density at radius 3 is 2.73 bits per heavy atom. The first-order valence-corrected chi connectivity index (χ1v) is 7.98. The average molecular weight is 299 g/mol. The number of aromatic nitrogens is 1. The molecule has 1 aliphatic heterocycles. The molecule has 1 unspecified atom stereocenters. The van der Waals surface area contributed by atoms with Crippen molar-refractivity contribution < 1.29 is 9.53 Å². The molecule has 2 fully saturated rings. The minimum absolute atomic E-state index is 0.0154. The number of nitriles is 1. The van der Waals surface area contributed by atoms with Crippen molar-refractivity contribution in [1.29, 1.82) is 5.26 Å². The molecule has 2 heterocycles. The lowest BCUT2D eigenvalue weighted by atomic mass is 9.82. The average Bonchev–Trinajstić information content (AvgIpc) is 3.40. The molecule has 116 valence electrons. The summed E-state index contributed by atoms with van der Waals surface area (Å²) in [6.07, 6.45) is 3.95. The summed E-state index contributed by atoms with van der Waals surface area (Å²) in [5, 5.41) is 12.2. The summed E-state index contributed by atoms with van der Waals surface area (Å²) in [6, 6.07) is 5.93. The number of rotatable bonds is 4. The van der Waals surface area contributed by atoms with Crippen LogP contribution in [0.1, 0.15) is 49.8 Å². The van der Waals surface area contributed by atoms with Crippen molar-refractivity contribution in [1.82, 2.24) is 4.98 Å². The zero-order valence-electron chi connectivity index (χ0n) is 12.8. The highest BCUT2D eigenvalue weighted by molar-refractivity contribution is 5.93. The second kappa shape index (κ2) is 6.45. The van der Waals surface area contributed by atoms with E-state index in [1.165, 1.54) is 0 Å². The van der Waals surface area contributed by atoms with Crippen LogP contribution in [0.4, 0.5) is 5.82 Å². The summed E-state index contributed by atoms with van der Waals surface area (Å²) < 4.78 is 5.41. The monoisotopic (exact) mass is 299 g/mol. The SMILES string of the molecule is CC(c1ccc(NC(=O)C2CC2)nc1C#N)C1CCOCC1. The van der Waals surface area contributed by atoms with Crippen molar-refractivity contribution in [2.24, 2.45) is 11.8 Å². The minimum Gasteiger partial charge on any atom is -0.381 e. The maximum Gasteiger partial charge on any atom is 0.228 e. The minimum atomic E-state index is 0.0154. The maximum absolute atomic E-state index is 11.8. The van der Waals surface area contributed by atoms with Crippen LogP contribution in [0.2, 0.25) is 0 Å². The first kappa shape index (κ1) is 15.0. The number of hydrogen-bond acceptors (Lipinski definition) is 4. The summed E-state index contributed by atoms with van der Waals surface area (Å²) >= 11 is 0. The Balaban J connectivity index is 1.76. The summed E-state index contributed by atoms with van der Waals surface area (Å²) in [4.78, 5) is 16.1. The van der Waals surface area contributed by atoms with Crippen molar-refractivity contribution in [3.05, 3.63) is 23.4 Å². The smallest absolute Gasteiger partial charge is 0.228 e. The summed E-state index contributed by atoms with van der Waals surface area (Å²) in [5.74, 6) is 1.43. The third-order valence-corrected chi connectivity index (χ3v) is 4.70. The van der Waals surface area contributed by atoms with E-state index in [-0.39, 0.29) is 17.7 Å². The number of carbonyl (C=O) groups excluding carboxylic acids is 1. The van der Waals surface area contributed by atoms with Gasteiger partial charge >= 0.3 is 0 Å². The van der Waals surface area contributed by atoms with Gasteiger partial charge in [-0.15, -0.1) is 0 Å². The summed E-state index contributed by atoms with van der Waals surface area (Å²) in [6.45, 7) is 3.73. The highest BCUT2D eigenvalue weighted by Crippen LogP contribution is 2.34. The van der Waals surface area contributed by atoms with Crippen LogP contribution in [0.3, 0.4) is 0 Å². The van der Waals surface area contributed by atoms with Crippen molar-refractivity contribution in [3.63, 3.8) is 0 Å². The topological polar surface area (TPSA) is 75.0 Å². The van der Waals surface area contributed by atoms with E-state index < -0.39 is 0 Å². The molecule has 1 aromatic heterocycles. The van der Waals surface area contributed by atoms with E-state index in [0.717, 1.165) is 44.5 Å². The Hall–Kier alpha value is -1.93. The molecular weight excluding hydrogens is 278 g/mol. The molecule has 5 nitrogen and oxygen atoms in total. The van der Waals surface area contributed by atoms with E-state index in [2.05, 4.69) is 23.3 Å². The zero-order valence-corrected chi connectivity index (χ0v) is 12.8. The molecule has 3 rings (SSSR count). The highest BCUT2D eigenvalue weighted by Gasteiger charge is 2.30. The van der Waals surface area contributed by atoms with E-state index in [0.29, 0.717) is 17.4 Å². The molecule has 1 N–H and O–H groups in total. The summed E-state index contributed by atoms with van der Waals surface area (Å²) in [5.41, 5.74) is 1.39. The predicted molar refractivity (Wildman–Crippen MR) is 82.3 cm³/mol. The number of nitrogens with zero attached hydrogens (tertiary/aromatic N) is 2. The van der Waals surface area contributed by atoms with Crippen LogP contribution >= 0.6 is 0 Å². The molecule has 1 aromatic rings. The van der Waals surface area contributed by atoms with E-state index in [1.54, 1.807) is 0 Å². The highest BCUT2D eigenvalue weighted by atomic mass is 16.5. The fourth-order valence-electron chi connectivity index (χ4n) is 3.04. The summed E-state index contributed by atoms with van der Waals surface area (Å²) in [7, 11) is 0. The zero-order chi connectivity index (χ0) is 15.5. The van der Waals surface area contributed by atoms with Crippen LogP contribution < -0.4 is 5.32 Å². The van der Waals surface area contributed by atoms with Crippen LogP contribution in [0, 0.1) is 23.2 Å². The van der Waals surface area contributed by atoms with Crippen LogP contribution in [-0.2, 0) is 9.53 Å². The third-order valence-electron chi connectivity index (χ3n) is 4.70. The van der Waals surface area contributed by atoms with E-state index in [4.69, 9.17) is 4.74 Å². The lowest BCUT2D eigenvalue weighted by Crippen LogP contribution is -2.21. The van der Waals surface area contributed by atoms with E-state index in [1.807, 2.05) is 12.1 Å². The van der Waals surface area contributed by atoms with Gasteiger partial charge in [0.15, 0.2) is 0 Å². The standard InChI is InChI=1S/C17H21N3O2/c1-11(12-6-8-22-9-7-12)14-4-5-16(19-15(14)10-18)20-17(21)13-2-3-13/h4-5,11-13H,2-3,6-9H2,1H3,(H,19,20,21). The van der Waals surface area contributed by atoms with Gasteiger partial charge in [0.2, 0.25) is 5.91 Å². The van der Waals surface area contributed by atoms with Crippen LogP contribution in [0.15, 0.2) is 12.1 Å². The molecule has 1 aliphatic carbocycles. The molecular formula is C17H21N3O2. The number of carbonyl (C=O) groups is 1. The molecule has 1 saturated carbocycles. The fraction of sp³-hybridized carbons (Fsp3) is 0.588. The van der Waals surface area contributed by atoms with Crippen molar-refractivity contribution in [3.8, 4) is 6.07 Å². The van der Waals surface area contributed by atoms with Gasteiger partial charge in [0.25, 0.3) is 0 Å². The van der Waals surface area contributed by atoms with Gasteiger partial charge in [-0.3, -0.25) is 4.79 Å². The quantitative estimate of drug-likeness (QED) is 0.927. The first-order chi connectivity index (χ1) is 10.7. The van der Waals surface area contributed by atoms with Gasteiger partial charge in [-0.2, -0.15) is 5.26 Å². The molecule has 2 aliphatic rings. The second-order valence-electron chi connectivity index (χ2n) is 6.25. The Morgan fingerprint density at radius 2 is 2.09 bits per heavy atom. The van der Waals surface area contributed by atoms with Gasteiger partial charge in [0.05, 0.1) is 0 Å². The Morgan fingerprint density at radius 1 is 1.36 bits per heavy atom. The lowest BCUT2D eigenvalue weighted by Gasteiger charge is -2.28. The normalized spacial score (nSPS) is 20.2. The number of hydrogen-bond donors (Lipinski definition) is 1.